The number of hydrogen-bond acceptors (Lipinski definition) is 6. The molecular formula is C13H10N2O7. The molecule has 0 atom stereocenters. The summed E-state index contributed by atoms with van der Waals surface area (Å²) < 4.78 is 0. The average Bonchev–Trinajstić information content (AvgIpc) is 2.61. The van der Waals surface area contributed by atoms with E-state index in [0.717, 1.165) is 0 Å². The lowest BCUT2D eigenvalue weighted by molar-refractivity contribution is -0.142. The number of Topliss-reactive ketones (excluding diaryl/α,β-unsaturated/α-hetero) is 2. The Morgan fingerprint density at radius 1 is 0.864 bits per heavy atom. The van der Waals surface area contributed by atoms with E-state index in [9.17, 15) is 29.1 Å². The molecule has 1 fully saturated rings. The van der Waals surface area contributed by atoms with E-state index in [1.165, 1.54) is 24.3 Å². The van der Waals surface area contributed by atoms with Crippen LogP contribution in [0, 0.1) is 5.92 Å². The van der Waals surface area contributed by atoms with E-state index >= 15 is 0 Å². The van der Waals surface area contributed by atoms with Gasteiger partial charge in [-0.2, -0.15) is 0 Å². The minimum absolute atomic E-state index is 0. The molecule has 1 saturated heterocycles. The van der Waals surface area contributed by atoms with Crippen molar-refractivity contribution in [2.45, 2.75) is 5.60 Å². The predicted molar refractivity (Wildman–Crippen MR) is 68.8 cm³/mol. The maximum atomic E-state index is 12.3. The van der Waals surface area contributed by atoms with Crippen molar-refractivity contribution < 1.29 is 34.6 Å². The summed E-state index contributed by atoms with van der Waals surface area (Å²) in [5, 5.41) is 14.0. The van der Waals surface area contributed by atoms with Gasteiger partial charge in [-0.15, -0.1) is 0 Å². The summed E-state index contributed by atoms with van der Waals surface area (Å²) in [5.41, 5.74) is -2.97. The van der Waals surface area contributed by atoms with Crippen molar-refractivity contribution in [1.82, 2.24) is 10.6 Å². The van der Waals surface area contributed by atoms with E-state index in [4.69, 9.17) is 0 Å². The molecule has 22 heavy (non-hydrogen) atoms. The molecule has 2 aliphatic rings. The number of amides is 4. The number of rotatable bonds is 1. The van der Waals surface area contributed by atoms with E-state index in [1.807, 2.05) is 0 Å². The topological polar surface area (TPSA) is 161 Å². The van der Waals surface area contributed by atoms with Crippen LogP contribution in [0.5, 0.6) is 0 Å². The summed E-state index contributed by atoms with van der Waals surface area (Å²) in [5.74, 6) is -6.47. The SMILES string of the molecule is O.O=C1NC(=O)C(C2(O)C(=O)c3ccccc3C2=O)C(=O)N1. The van der Waals surface area contributed by atoms with Crippen LogP contribution in [-0.2, 0) is 9.59 Å². The number of carbonyl (C=O) groups is 5. The normalized spacial score (nSPS) is 20.1. The van der Waals surface area contributed by atoms with Crippen LogP contribution in [0.25, 0.3) is 0 Å². The Balaban J connectivity index is 0.00000176. The Kier molecular flexibility index (Phi) is 3.39. The number of nitrogens with one attached hydrogen (secondary N) is 2. The Hall–Kier alpha value is -2.91. The van der Waals surface area contributed by atoms with Gasteiger partial charge in [0.2, 0.25) is 29.0 Å². The summed E-state index contributed by atoms with van der Waals surface area (Å²) in [6.45, 7) is 0. The summed E-state index contributed by atoms with van der Waals surface area (Å²) in [4.78, 5) is 59.2. The highest BCUT2D eigenvalue weighted by Crippen LogP contribution is 2.36. The van der Waals surface area contributed by atoms with Gasteiger partial charge in [-0.3, -0.25) is 29.8 Å². The van der Waals surface area contributed by atoms with Gasteiger partial charge >= 0.3 is 6.03 Å². The molecule has 0 saturated carbocycles. The van der Waals surface area contributed by atoms with E-state index in [2.05, 4.69) is 0 Å². The molecule has 1 aliphatic heterocycles. The Morgan fingerprint density at radius 3 is 1.68 bits per heavy atom. The standard InChI is InChI=1S/C13H8N2O6.H2O/c16-8-5-3-1-2-4-6(5)9(17)13(8,21)7-10(18)14-12(20)15-11(7)19;/h1-4,7,21H,(H2,14,15,18,19,20);1H2. The van der Waals surface area contributed by atoms with E-state index < -0.39 is 40.9 Å². The molecule has 4 amide bonds. The number of ketones is 2. The molecule has 0 aromatic heterocycles. The summed E-state index contributed by atoms with van der Waals surface area (Å²) in [7, 11) is 0. The lowest BCUT2D eigenvalue weighted by atomic mass is 9.81. The zero-order valence-electron chi connectivity index (χ0n) is 10.9. The Morgan fingerprint density at radius 2 is 1.27 bits per heavy atom. The lowest BCUT2D eigenvalue weighted by Gasteiger charge is -2.29. The smallest absolute Gasteiger partial charge is 0.328 e. The molecule has 1 aromatic rings. The predicted octanol–water partition coefficient (Wildman–Crippen LogP) is -2.05. The summed E-state index contributed by atoms with van der Waals surface area (Å²) in [6.07, 6.45) is 0. The van der Waals surface area contributed by atoms with Crippen LogP contribution in [0.4, 0.5) is 4.79 Å². The number of urea groups is 1. The Bertz CT molecular complexity index is 685. The van der Waals surface area contributed by atoms with Gasteiger partial charge in [-0.05, 0) is 0 Å². The molecule has 0 bridgehead atoms. The first-order valence-electron chi connectivity index (χ1n) is 5.94. The van der Waals surface area contributed by atoms with Crippen molar-refractivity contribution in [3.05, 3.63) is 35.4 Å². The molecule has 1 heterocycles. The zero-order valence-corrected chi connectivity index (χ0v) is 10.9. The largest absolute Gasteiger partial charge is 0.412 e. The molecule has 1 aromatic carbocycles. The number of aliphatic hydroxyl groups is 1. The third-order valence-corrected chi connectivity index (χ3v) is 3.52. The van der Waals surface area contributed by atoms with Crippen molar-refractivity contribution in [2.75, 3.05) is 0 Å². The van der Waals surface area contributed by atoms with Gasteiger partial charge in [0.25, 0.3) is 0 Å². The van der Waals surface area contributed by atoms with Crippen LogP contribution in [0.2, 0.25) is 0 Å². The average molecular weight is 306 g/mol. The van der Waals surface area contributed by atoms with Crippen LogP contribution >= 0.6 is 0 Å². The quantitative estimate of drug-likeness (QED) is 0.506. The number of imide groups is 2. The number of benzene rings is 1. The third kappa shape index (κ3) is 1.76. The zero-order chi connectivity index (χ0) is 15.4. The molecule has 9 heteroatoms. The van der Waals surface area contributed by atoms with Crippen LogP contribution in [0.1, 0.15) is 20.7 Å². The molecule has 0 spiro atoms. The Labute approximate surface area is 122 Å². The molecular weight excluding hydrogens is 296 g/mol. The van der Waals surface area contributed by atoms with Crippen molar-refractivity contribution >= 4 is 29.4 Å². The fourth-order valence-corrected chi connectivity index (χ4v) is 2.55. The number of barbiturate groups is 1. The summed E-state index contributed by atoms with van der Waals surface area (Å²) in [6, 6.07) is 4.54. The monoisotopic (exact) mass is 306 g/mol. The lowest BCUT2D eigenvalue weighted by Crippen LogP contribution is -2.66. The molecule has 5 N–H and O–H groups in total. The summed E-state index contributed by atoms with van der Waals surface area (Å²) >= 11 is 0. The van der Waals surface area contributed by atoms with Crippen molar-refractivity contribution in [2.24, 2.45) is 5.92 Å². The van der Waals surface area contributed by atoms with E-state index in [-0.39, 0.29) is 16.6 Å². The first kappa shape index (κ1) is 15.5. The highest BCUT2D eigenvalue weighted by molar-refractivity contribution is 6.36. The third-order valence-electron chi connectivity index (χ3n) is 3.52. The van der Waals surface area contributed by atoms with Gasteiger partial charge < -0.3 is 10.6 Å². The highest BCUT2D eigenvalue weighted by atomic mass is 16.3. The van der Waals surface area contributed by atoms with Crippen molar-refractivity contribution in [3.63, 3.8) is 0 Å². The number of fused-ring (bicyclic) bond motifs is 1. The second-order valence-corrected chi connectivity index (χ2v) is 4.71. The van der Waals surface area contributed by atoms with Crippen molar-refractivity contribution in [3.8, 4) is 0 Å². The number of carbonyl (C=O) groups excluding carboxylic acids is 5. The van der Waals surface area contributed by atoms with Gasteiger partial charge in [0.05, 0.1) is 0 Å². The van der Waals surface area contributed by atoms with Crippen LogP contribution in [-0.4, -0.2) is 45.6 Å². The van der Waals surface area contributed by atoms with Gasteiger partial charge in [-0.1, -0.05) is 24.3 Å². The molecule has 9 nitrogen and oxygen atoms in total. The molecule has 3 rings (SSSR count). The van der Waals surface area contributed by atoms with Gasteiger partial charge in [0, 0.05) is 11.1 Å². The van der Waals surface area contributed by atoms with Gasteiger partial charge in [0.1, 0.15) is 0 Å². The van der Waals surface area contributed by atoms with Crippen LogP contribution in [0.15, 0.2) is 24.3 Å². The molecule has 1 aliphatic carbocycles. The molecule has 0 radical (unpaired) electrons. The van der Waals surface area contributed by atoms with Gasteiger partial charge in [0.15, 0.2) is 5.92 Å². The second kappa shape index (κ2) is 4.83. The maximum Gasteiger partial charge on any atom is 0.328 e. The van der Waals surface area contributed by atoms with E-state index in [0.29, 0.717) is 0 Å². The fraction of sp³-hybridized carbons (Fsp3) is 0.154. The highest BCUT2D eigenvalue weighted by Gasteiger charge is 2.62. The minimum Gasteiger partial charge on any atom is -0.412 e. The maximum absolute atomic E-state index is 12.3. The first-order chi connectivity index (χ1) is 9.87. The van der Waals surface area contributed by atoms with E-state index in [1.54, 1.807) is 10.6 Å². The first-order valence-corrected chi connectivity index (χ1v) is 5.94. The number of hydrogen-bond donors (Lipinski definition) is 3. The fourth-order valence-electron chi connectivity index (χ4n) is 2.55. The van der Waals surface area contributed by atoms with Crippen LogP contribution < -0.4 is 10.6 Å². The van der Waals surface area contributed by atoms with Crippen molar-refractivity contribution in [1.29, 1.82) is 0 Å². The minimum atomic E-state index is -2.83. The molecule has 114 valence electrons. The molecule has 0 unspecified atom stereocenters. The second-order valence-electron chi connectivity index (χ2n) is 4.71. The van der Waals surface area contributed by atoms with Crippen LogP contribution in [0.3, 0.4) is 0 Å². The van der Waals surface area contributed by atoms with Gasteiger partial charge in [-0.25, -0.2) is 4.79 Å².